The van der Waals surface area contributed by atoms with Crippen LogP contribution in [0.5, 0.6) is 0 Å². The van der Waals surface area contributed by atoms with Gasteiger partial charge in [0.05, 0.1) is 5.75 Å². The van der Waals surface area contributed by atoms with E-state index in [1.165, 1.54) is 28.7 Å². The van der Waals surface area contributed by atoms with E-state index in [-0.39, 0.29) is 11.7 Å². The van der Waals surface area contributed by atoms with Crippen LogP contribution in [0.3, 0.4) is 0 Å². The number of benzene rings is 2. The van der Waals surface area contributed by atoms with Crippen LogP contribution in [0.25, 0.3) is 6.08 Å². The Kier molecular flexibility index (Phi) is 8.76. The molecule has 0 atom stereocenters. The Labute approximate surface area is 186 Å². The maximum atomic E-state index is 11.9. The molecule has 1 heterocycles. The highest BCUT2D eigenvalue weighted by molar-refractivity contribution is 8.03. The Morgan fingerprint density at radius 1 is 1.07 bits per heavy atom. The molecule has 9 heteroatoms. The number of nitrogens with one attached hydrogen (secondary N) is 1. The number of nitrogens with zero attached hydrogens (tertiary/aromatic N) is 3. The number of carbonyl (C=O) groups excluding carboxylic acids is 1. The van der Waals surface area contributed by atoms with Gasteiger partial charge in [0.1, 0.15) is 0 Å². The van der Waals surface area contributed by atoms with Crippen LogP contribution in [-0.2, 0) is 10.5 Å². The fraction of sp³-hybridized carbons (Fsp3) is 0.100. The summed E-state index contributed by atoms with van der Waals surface area (Å²) in [6.45, 7) is 0. The lowest BCUT2D eigenvalue weighted by molar-refractivity contribution is -0.118. The Hall–Kier alpha value is -2.13. The number of thioether (sulfide) groups is 2. The van der Waals surface area contributed by atoms with Gasteiger partial charge in [0.25, 0.3) is 5.91 Å². The molecule has 0 aliphatic rings. The molecule has 1 aromatic heterocycles. The van der Waals surface area contributed by atoms with Crippen molar-refractivity contribution in [2.24, 2.45) is 5.10 Å². The Balaban J connectivity index is 1.36. The molecule has 0 saturated carbocycles. The second-order valence-corrected chi connectivity index (χ2v) is 9.48. The van der Waals surface area contributed by atoms with Crippen LogP contribution in [0.4, 0.5) is 0 Å². The van der Waals surface area contributed by atoms with E-state index in [0.29, 0.717) is 0 Å². The standard InChI is InChI=1S/C20H17ClN4OS3/c21-17-10-8-16(9-11-17)13-27-19-24-25-20(29-19)28-14-18(26)23-22-12-4-7-15-5-2-1-3-6-15/h1-12H,13-14H2,(H,23,26). The second kappa shape index (κ2) is 11.8. The summed E-state index contributed by atoms with van der Waals surface area (Å²) in [5.74, 6) is 0.836. The first-order valence-corrected chi connectivity index (χ1v) is 11.7. The molecule has 3 rings (SSSR count). The van der Waals surface area contributed by atoms with E-state index in [0.717, 1.165) is 25.0 Å². The number of aromatic nitrogens is 2. The zero-order chi connectivity index (χ0) is 20.3. The van der Waals surface area contributed by atoms with Crippen LogP contribution in [0.1, 0.15) is 11.1 Å². The second-order valence-electron chi connectivity index (χ2n) is 5.62. The molecule has 3 aromatic rings. The molecule has 0 aliphatic heterocycles. The van der Waals surface area contributed by atoms with Crippen molar-refractivity contribution in [3.05, 3.63) is 76.8 Å². The van der Waals surface area contributed by atoms with Crippen LogP contribution >= 0.6 is 46.5 Å². The molecule has 2 aromatic carbocycles. The van der Waals surface area contributed by atoms with Crippen LogP contribution in [0.15, 0.2) is 74.5 Å². The number of halogens is 1. The van der Waals surface area contributed by atoms with Crippen LogP contribution in [0.2, 0.25) is 5.02 Å². The summed E-state index contributed by atoms with van der Waals surface area (Å²) in [5.41, 5.74) is 4.74. The number of hydrogen-bond donors (Lipinski definition) is 1. The topological polar surface area (TPSA) is 67.2 Å². The van der Waals surface area contributed by atoms with E-state index < -0.39 is 0 Å². The van der Waals surface area contributed by atoms with E-state index in [1.807, 2.05) is 60.7 Å². The molecular formula is C20H17ClN4OS3. The molecule has 0 radical (unpaired) electrons. The molecule has 0 aliphatic carbocycles. The quantitative estimate of drug-likeness (QED) is 0.263. The van der Waals surface area contributed by atoms with Gasteiger partial charge in [0.2, 0.25) is 0 Å². The van der Waals surface area contributed by atoms with Gasteiger partial charge in [-0.3, -0.25) is 4.79 Å². The van der Waals surface area contributed by atoms with Gasteiger partial charge < -0.3 is 0 Å². The molecule has 1 N–H and O–H groups in total. The average Bonchev–Trinajstić information content (AvgIpc) is 3.20. The molecule has 1 amide bonds. The van der Waals surface area contributed by atoms with E-state index in [2.05, 4.69) is 20.7 Å². The Morgan fingerprint density at radius 3 is 2.55 bits per heavy atom. The molecule has 0 unspecified atom stereocenters. The lowest BCUT2D eigenvalue weighted by Crippen LogP contribution is -2.19. The molecule has 29 heavy (non-hydrogen) atoms. The number of allylic oxidation sites excluding steroid dienone is 1. The highest BCUT2D eigenvalue weighted by atomic mass is 35.5. The van der Waals surface area contributed by atoms with Crippen molar-refractivity contribution in [3.8, 4) is 0 Å². The van der Waals surface area contributed by atoms with Gasteiger partial charge in [0, 0.05) is 17.0 Å². The summed E-state index contributed by atoms with van der Waals surface area (Å²) in [7, 11) is 0. The third-order valence-electron chi connectivity index (χ3n) is 3.43. The Morgan fingerprint density at radius 2 is 1.79 bits per heavy atom. The van der Waals surface area contributed by atoms with Crippen LogP contribution in [0, 0.1) is 0 Å². The minimum absolute atomic E-state index is 0.190. The Bertz CT molecular complexity index is 975. The normalized spacial score (nSPS) is 11.3. The molecular weight excluding hydrogens is 444 g/mol. The number of carbonyl (C=O) groups is 1. The van der Waals surface area contributed by atoms with Crippen molar-refractivity contribution < 1.29 is 4.79 Å². The first-order chi connectivity index (χ1) is 14.2. The zero-order valence-electron chi connectivity index (χ0n) is 15.2. The maximum Gasteiger partial charge on any atom is 0.250 e. The van der Waals surface area contributed by atoms with Gasteiger partial charge in [-0.1, -0.05) is 95.0 Å². The van der Waals surface area contributed by atoms with Crippen molar-refractivity contribution >= 4 is 64.7 Å². The third kappa shape index (κ3) is 8.02. The van der Waals surface area contributed by atoms with E-state index >= 15 is 0 Å². The lowest BCUT2D eigenvalue weighted by Gasteiger charge is -1.98. The predicted molar refractivity (Wildman–Crippen MR) is 124 cm³/mol. The first kappa shape index (κ1) is 21.6. The SMILES string of the molecule is O=C(CSc1nnc(SCc2ccc(Cl)cc2)s1)NN=CC=Cc1ccccc1. The van der Waals surface area contributed by atoms with Gasteiger partial charge >= 0.3 is 0 Å². The summed E-state index contributed by atoms with van der Waals surface area (Å²) >= 11 is 10.3. The maximum absolute atomic E-state index is 11.9. The van der Waals surface area contributed by atoms with Crippen molar-refractivity contribution in [1.29, 1.82) is 0 Å². The molecule has 0 saturated heterocycles. The minimum Gasteiger partial charge on any atom is -0.272 e. The molecule has 5 nitrogen and oxygen atoms in total. The fourth-order valence-corrected chi connectivity index (χ4v) is 4.96. The van der Waals surface area contributed by atoms with Crippen LogP contribution < -0.4 is 5.43 Å². The summed E-state index contributed by atoms with van der Waals surface area (Å²) in [6.07, 6.45) is 5.23. The molecule has 0 spiro atoms. The van der Waals surface area contributed by atoms with Crippen molar-refractivity contribution in [1.82, 2.24) is 15.6 Å². The molecule has 148 valence electrons. The summed E-state index contributed by atoms with van der Waals surface area (Å²) < 4.78 is 1.62. The molecule has 0 fully saturated rings. The summed E-state index contributed by atoms with van der Waals surface area (Å²) in [5, 5.41) is 12.9. The highest BCUT2D eigenvalue weighted by Gasteiger charge is 2.08. The van der Waals surface area contributed by atoms with Gasteiger partial charge in [-0.25, -0.2) is 5.43 Å². The van der Waals surface area contributed by atoms with Crippen molar-refractivity contribution in [2.45, 2.75) is 14.4 Å². The molecule has 0 bridgehead atoms. The largest absolute Gasteiger partial charge is 0.272 e. The average molecular weight is 461 g/mol. The van der Waals surface area contributed by atoms with Gasteiger partial charge in [0.15, 0.2) is 8.68 Å². The lowest BCUT2D eigenvalue weighted by atomic mass is 10.2. The monoisotopic (exact) mass is 460 g/mol. The number of hydrazone groups is 1. The summed E-state index contributed by atoms with van der Waals surface area (Å²) in [4.78, 5) is 11.9. The summed E-state index contributed by atoms with van der Waals surface area (Å²) in [6, 6.07) is 17.6. The minimum atomic E-state index is -0.190. The number of hydrogen-bond acceptors (Lipinski definition) is 7. The predicted octanol–water partition coefficient (Wildman–Crippen LogP) is 5.39. The highest BCUT2D eigenvalue weighted by Crippen LogP contribution is 2.30. The van der Waals surface area contributed by atoms with Gasteiger partial charge in [-0.2, -0.15) is 5.10 Å². The first-order valence-electron chi connectivity index (χ1n) is 8.56. The van der Waals surface area contributed by atoms with Crippen molar-refractivity contribution in [2.75, 3.05) is 5.75 Å². The number of rotatable bonds is 9. The van der Waals surface area contributed by atoms with Crippen LogP contribution in [-0.4, -0.2) is 28.1 Å². The third-order valence-corrected chi connectivity index (χ3v) is 6.94. The van der Waals surface area contributed by atoms with E-state index in [9.17, 15) is 4.79 Å². The van der Waals surface area contributed by atoms with Gasteiger partial charge in [-0.15, -0.1) is 10.2 Å². The van der Waals surface area contributed by atoms with E-state index in [4.69, 9.17) is 11.6 Å². The number of amides is 1. The van der Waals surface area contributed by atoms with Crippen molar-refractivity contribution in [3.63, 3.8) is 0 Å². The fourth-order valence-electron chi connectivity index (χ4n) is 2.07. The van der Waals surface area contributed by atoms with E-state index in [1.54, 1.807) is 24.1 Å². The zero-order valence-corrected chi connectivity index (χ0v) is 18.4. The smallest absolute Gasteiger partial charge is 0.250 e. The van der Waals surface area contributed by atoms with Gasteiger partial charge in [-0.05, 0) is 29.3 Å².